The number of nitrogens with one attached hydrogen (secondary N) is 2. The van der Waals surface area contributed by atoms with E-state index in [1.165, 1.54) is 12.0 Å². The van der Waals surface area contributed by atoms with E-state index in [0.29, 0.717) is 17.7 Å². The minimum Gasteiger partial charge on any atom is -0.497 e. The Morgan fingerprint density at radius 3 is 2.34 bits per heavy atom. The van der Waals surface area contributed by atoms with Gasteiger partial charge >= 0.3 is 0 Å². The molecule has 3 rings (SSSR count). The molecule has 2 N–H and O–H groups in total. The summed E-state index contributed by atoms with van der Waals surface area (Å²) in [6.45, 7) is 8.59. The van der Waals surface area contributed by atoms with Crippen molar-refractivity contribution in [2.24, 2.45) is 10.9 Å². The lowest BCUT2D eigenvalue weighted by atomic mass is 9.84. The molecule has 0 radical (unpaired) electrons. The maximum atomic E-state index is 12.4. The first-order chi connectivity index (χ1) is 15.1. The molecule has 1 amide bonds. The fourth-order valence-corrected chi connectivity index (χ4v) is 4.16. The molecule has 1 unspecified atom stereocenters. The summed E-state index contributed by atoms with van der Waals surface area (Å²) in [7, 11) is 3.51. The van der Waals surface area contributed by atoms with Gasteiger partial charge in [-0.2, -0.15) is 0 Å². The lowest BCUT2D eigenvalue weighted by Gasteiger charge is -2.38. The Hall–Kier alpha value is -1.55. The highest BCUT2D eigenvalue weighted by Gasteiger charge is 2.30. The monoisotopic (exact) mass is 557 g/mol. The fourth-order valence-electron chi connectivity index (χ4n) is 4.16. The zero-order valence-electron chi connectivity index (χ0n) is 19.8. The molecular weight excluding hydrogens is 517 g/mol. The van der Waals surface area contributed by atoms with E-state index in [0.717, 1.165) is 76.8 Å². The van der Waals surface area contributed by atoms with E-state index in [4.69, 9.17) is 4.74 Å². The van der Waals surface area contributed by atoms with Gasteiger partial charge in [0.15, 0.2) is 5.96 Å². The molecule has 2 fully saturated rings. The number of carbonyl (C=O) groups is 1. The number of halogens is 1. The Balaban J connectivity index is 0.00000363. The Labute approximate surface area is 210 Å². The third-order valence-corrected chi connectivity index (χ3v) is 6.64. The number of carbonyl (C=O) groups excluding carboxylic acids is 1. The number of benzene rings is 1. The van der Waals surface area contributed by atoms with Gasteiger partial charge in [-0.15, -0.1) is 24.0 Å². The molecule has 1 aliphatic carbocycles. The summed E-state index contributed by atoms with van der Waals surface area (Å²) in [5.74, 6) is 2.91. The molecule has 0 aromatic heterocycles. The van der Waals surface area contributed by atoms with Crippen molar-refractivity contribution in [3.8, 4) is 5.75 Å². The SMILES string of the molecule is CN=C(NCCC(C)c1ccc(OC)cc1)NCCN1CCN(C(=O)C2CCC2)CC1.I. The van der Waals surface area contributed by atoms with Gasteiger partial charge in [-0.25, -0.2) is 0 Å². The van der Waals surface area contributed by atoms with Crippen LogP contribution >= 0.6 is 24.0 Å². The molecule has 1 aromatic carbocycles. The predicted molar refractivity (Wildman–Crippen MR) is 141 cm³/mol. The van der Waals surface area contributed by atoms with Crippen LogP contribution in [0.4, 0.5) is 0 Å². The van der Waals surface area contributed by atoms with Crippen LogP contribution in [0.3, 0.4) is 0 Å². The molecule has 0 spiro atoms. The van der Waals surface area contributed by atoms with Crippen LogP contribution in [-0.2, 0) is 4.79 Å². The Kier molecular flexibility index (Phi) is 11.6. The third kappa shape index (κ3) is 7.79. The molecule has 2 aliphatic rings. The van der Waals surface area contributed by atoms with E-state index in [2.05, 4.69) is 44.5 Å². The van der Waals surface area contributed by atoms with Crippen molar-refractivity contribution in [3.05, 3.63) is 29.8 Å². The van der Waals surface area contributed by atoms with Crippen LogP contribution in [0.25, 0.3) is 0 Å². The quantitative estimate of drug-likeness (QED) is 0.278. The van der Waals surface area contributed by atoms with Crippen LogP contribution in [0.1, 0.15) is 44.1 Å². The molecule has 0 bridgehead atoms. The summed E-state index contributed by atoms with van der Waals surface area (Å²) in [5.41, 5.74) is 1.32. The largest absolute Gasteiger partial charge is 0.497 e. The smallest absolute Gasteiger partial charge is 0.225 e. The number of aliphatic imine (C=N–C) groups is 1. The number of hydrogen-bond donors (Lipinski definition) is 2. The second-order valence-corrected chi connectivity index (χ2v) is 8.68. The van der Waals surface area contributed by atoms with Crippen molar-refractivity contribution in [2.45, 2.75) is 38.5 Å². The van der Waals surface area contributed by atoms with E-state index < -0.39 is 0 Å². The molecule has 180 valence electrons. The first-order valence-corrected chi connectivity index (χ1v) is 11.7. The Morgan fingerprint density at radius 1 is 1.12 bits per heavy atom. The number of amides is 1. The number of piperazine rings is 1. The lowest BCUT2D eigenvalue weighted by Crippen LogP contribution is -2.52. The van der Waals surface area contributed by atoms with Gasteiger partial charge in [0.1, 0.15) is 5.75 Å². The van der Waals surface area contributed by atoms with Crippen molar-refractivity contribution >= 4 is 35.8 Å². The van der Waals surface area contributed by atoms with Gasteiger partial charge < -0.3 is 20.3 Å². The predicted octanol–water partition coefficient (Wildman–Crippen LogP) is 2.92. The second kappa shape index (κ2) is 13.9. The minimum atomic E-state index is 0. The molecule has 1 saturated carbocycles. The molecule has 1 atom stereocenters. The van der Waals surface area contributed by atoms with Crippen LogP contribution < -0.4 is 15.4 Å². The summed E-state index contributed by atoms with van der Waals surface area (Å²) < 4.78 is 5.23. The van der Waals surface area contributed by atoms with E-state index in [1.54, 1.807) is 7.11 Å². The standard InChI is InChI=1S/C24H39N5O2.HI/c1-19(20-7-9-22(31-3)10-8-20)11-12-26-24(25-2)27-13-14-28-15-17-29(18-16-28)23(30)21-5-4-6-21;/h7-10,19,21H,4-6,11-18H2,1-3H3,(H2,25,26,27);1H. The maximum Gasteiger partial charge on any atom is 0.225 e. The summed E-state index contributed by atoms with van der Waals surface area (Å²) in [5, 5.41) is 6.84. The van der Waals surface area contributed by atoms with Crippen molar-refractivity contribution in [1.29, 1.82) is 0 Å². The average Bonchev–Trinajstić information content (AvgIpc) is 2.77. The topological polar surface area (TPSA) is 69.2 Å². The van der Waals surface area contributed by atoms with Crippen molar-refractivity contribution in [3.63, 3.8) is 0 Å². The van der Waals surface area contributed by atoms with E-state index >= 15 is 0 Å². The van der Waals surface area contributed by atoms with Crippen LogP contribution in [0.15, 0.2) is 29.3 Å². The van der Waals surface area contributed by atoms with Gasteiger partial charge in [0.25, 0.3) is 0 Å². The van der Waals surface area contributed by atoms with Crippen molar-refractivity contribution < 1.29 is 9.53 Å². The van der Waals surface area contributed by atoms with Crippen molar-refractivity contribution in [2.75, 3.05) is 60.0 Å². The van der Waals surface area contributed by atoms with Gasteiger partial charge in [0.05, 0.1) is 7.11 Å². The average molecular weight is 558 g/mol. The number of guanidine groups is 1. The minimum absolute atomic E-state index is 0. The van der Waals surface area contributed by atoms with Gasteiger partial charge in [-0.3, -0.25) is 14.7 Å². The Morgan fingerprint density at radius 2 is 1.78 bits per heavy atom. The molecule has 1 saturated heterocycles. The first kappa shape index (κ1) is 26.7. The highest BCUT2D eigenvalue weighted by atomic mass is 127. The summed E-state index contributed by atoms with van der Waals surface area (Å²) in [6, 6.07) is 8.30. The Bertz CT molecular complexity index is 716. The van der Waals surface area contributed by atoms with Gasteiger partial charge in [-0.1, -0.05) is 25.5 Å². The van der Waals surface area contributed by atoms with Crippen LogP contribution in [-0.4, -0.2) is 81.6 Å². The van der Waals surface area contributed by atoms with Gasteiger partial charge in [0, 0.05) is 58.8 Å². The third-order valence-electron chi connectivity index (χ3n) is 6.64. The molecule has 1 heterocycles. The lowest BCUT2D eigenvalue weighted by molar-refractivity contribution is -0.139. The number of hydrogen-bond acceptors (Lipinski definition) is 4. The molecule has 8 heteroatoms. The fraction of sp³-hybridized carbons (Fsp3) is 0.667. The van der Waals surface area contributed by atoms with Crippen LogP contribution in [0.2, 0.25) is 0 Å². The van der Waals surface area contributed by atoms with E-state index in [-0.39, 0.29) is 24.0 Å². The van der Waals surface area contributed by atoms with Gasteiger partial charge in [-0.05, 0) is 42.9 Å². The van der Waals surface area contributed by atoms with Gasteiger partial charge in [0.2, 0.25) is 5.91 Å². The molecule has 32 heavy (non-hydrogen) atoms. The zero-order valence-corrected chi connectivity index (χ0v) is 22.1. The second-order valence-electron chi connectivity index (χ2n) is 8.68. The normalized spacial score (nSPS) is 18.3. The maximum absolute atomic E-state index is 12.4. The molecular formula is C24H40IN5O2. The zero-order chi connectivity index (χ0) is 22.1. The number of nitrogens with zero attached hydrogens (tertiary/aromatic N) is 3. The van der Waals surface area contributed by atoms with E-state index in [1.807, 2.05) is 19.2 Å². The van der Waals surface area contributed by atoms with E-state index in [9.17, 15) is 4.79 Å². The molecule has 1 aromatic rings. The summed E-state index contributed by atoms with van der Waals surface area (Å²) in [6.07, 6.45) is 4.43. The number of rotatable bonds is 9. The molecule has 1 aliphatic heterocycles. The molecule has 7 nitrogen and oxygen atoms in total. The van der Waals surface area contributed by atoms with Crippen LogP contribution in [0, 0.1) is 5.92 Å². The van der Waals surface area contributed by atoms with Crippen LogP contribution in [0.5, 0.6) is 5.75 Å². The highest BCUT2D eigenvalue weighted by Crippen LogP contribution is 2.28. The summed E-state index contributed by atoms with van der Waals surface area (Å²) >= 11 is 0. The number of ether oxygens (including phenoxy) is 1. The highest BCUT2D eigenvalue weighted by molar-refractivity contribution is 14.0. The summed E-state index contributed by atoms with van der Waals surface area (Å²) in [4.78, 5) is 21.2. The first-order valence-electron chi connectivity index (χ1n) is 11.7. The van der Waals surface area contributed by atoms with Crippen molar-refractivity contribution in [1.82, 2.24) is 20.4 Å². The number of methoxy groups -OCH3 is 1.